The maximum atomic E-state index is 9.36. The first kappa shape index (κ1) is 12.3. The average molecular weight is 253 g/mol. The Morgan fingerprint density at radius 3 is 3.11 bits per heavy atom. The molecule has 1 fully saturated rings. The van der Waals surface area contributed by atoms with Crippen LogP contribution in [0.25, 0.3) is 0 Å². The van der Waals surface area contributed by atoms with E-state index in [1.54, 1.807) is 0 Å². The van der Waals surface area contributed by atoms with Gasteiger partial charge in [0.2, 0.25) is 0 Å². The fourth-order valence-corrected chi connectivity index (χ4v) is 3.35. The number of fused-ring (bicyclic) bond motifs is 1. The first-order chi connectivity index (χ1) is 9.31. The van der Waals surface area contributed by atoms with E-state index in [0.717, 1.165) is 12.2 Å². The summed E-state index contributed by atoms with van der Waals surface area (Å²) in [6, 6.07) is 8.62. The molecular weight excluding hydrogens is 234 g/mol. The second kappa shape index (κ2) is 5.07. The van der Waals surface area contributed by atoms with Crippen molar-refractivity contribution < 1.29 is 0 Å². The van der Waals surface area contributed by atoms with Gasteiger partial charge in [-0.15, -0.1) is 0 Å². The summed E-state index contributed by atoms with van der Waals surface area (Å²) in [4.78, 5) is 0. The predicted octanol–water partition coefficient (Wildman–Crippen LogP) is 2.74. The van der Waals surface area contributed by atoms with Crippen molar-refractivity contribution in [2.45, 2.75) is 32.2 Å². The largest absolute Gasteiger partial charge is 0.376 e. The molecule has 0 radical (unpaired) electrons. The Labute approximate surface area is 114 Å². The van der Waals surface area contributed by atoms with Gasteiger partial charge in [0.25, 0.3) is 0 Å². The highest BCUT2D eigenvalue weighted by atomic mass is 15.1. The van der Waals surface area contributed by atoms with E-state index in [9.17, 15) is 5.26 Å². The van der Waals surface area contributed by atoms with E-state index in [4.69, 9.17) is 0 Å². The smallest absolute Gasteiger partial charge is 0.0995 e. The van der Waals surface area contributed by atoms with Gasteiger partial charge in [0.15, 0.2) is 0 Å². The van der Waals surface area contributed by atoms with Crippen molar-refractivity contribution in [3.05, 3.63) is 46.7 Å². The Hall–Kier alpha value is -1.79. The van der Waals surface area contributed by atoms with Gasteiger partial charge in [0, 0.05) is 17.7 Å². The van der Waals surface area contributed by atoms with Crippen molar-refractivity contribution in [2.75, 3.05) is 6.67 Å². The van der Waals surface area contributed by atoms with E-state index >= 15 is 0 Å². The summed E-state index contributed by atoms with van der Waals surface area (Å²) in [6.45, 7) is 2.89. The Kier molecular flexibility index (Phi) is 3.27. The molecule has 2 N–H and O–H groups in total. The zero-order valence-corrected chi connectivity index (χ0v) is 11.2. The van der Waals surface area contributed by atoms with Crippen LogP contribution < -0.4 is 10.6 Å². The van der Waals surface area contributed by atoms with Crippen LogP contribution in [0.15, 0.2) is 30.0 Å². The van der Waals surface area contributed by atoms with Crippen LogP contribution >= 0.6 is 0 Å². The van der Waals surface area contributed by atoms with Crippen molar-refractivity contribution in [2.24, 2.45) is 5.92 Å². The number of allylic oxidation sites excluding steroid dienone is 1. The Balaban J connectivity index is 2.04. The van der Waals surface area contributed by atoms with Crippen molar-refractivity contribution in [1.82, 2.24) is 10.6 Å². The lowest BCUT2D eigenvalue weighted by atomic mass is 9.79. The standard InChI is InChI=1S/C16H19N3/c1-11-5-4-6-12(9-17)15(11)16-13-7-2-3-8-14(13)18-10-19-16/h4-6,8,13,16,18-19H,2-3,7,10H2,1H3. The summed E-state index contributed by atoms with van der Waals surface area (Å²) in [5, 5.41) is 16.4. The van der Waals surface area contributed by atoms with Crippen LogP contribution in [-0.4, -0.2) is 6.67 Å². The first-order valence-corrected chi connectivity index (χ1v) is 6.98. The number of aryl methyl sites for hydroxylation is 1. The van der Waals surface area contributed by atoms with E-state index in [1.807, 2.05) is 12.1 Å². The molecule has 1 aromatic carbocycles. The highest BCUT2D eigenvalue weighted by Crippen LogP contribution is 2.38. The van der Waals surface area contributed by atoms with Gasteiger partial charge < -0.3 is 5.32 Å². The molecule has 3 rings (SSSR count). The molecule has 0 amide bonds. The molecule has 2 unspecified atom stereocenters. The Bertz CT molecular complexity index is 554. The molecule has 0 bridgehead atoms. The second-order valence-electron chi connectivity index (χ2n) is 5.38. The number of rotatable bonds is 1. The molecular formula is C16H19N3. The zero-order valence-electron chi connectivity index (χ0n) is 11.2. The fraction of sp³-hybridized carbons (Fsp3) is 0.438. The van der Waals surface area contributed by atoms with Gasteiger partial charge in [-0.1, -0.05) is 18.2 Å². The van der Waals surface area contributed by atoms with E-state index in [1.165, 1.54) is 36.1 Å². The van der Waals surface area contributed by atoms with Crippen LogP contribution in [0.3, 0.4) is 0 Å². The van der Waals surface area contributed by atoms with E-state index in [0.29, 0.717) is 5.92 Å². The maximum absolute atomic E-state index is 9.36. The highest BCUT2D eigenvalue weighted by Gasteiger charge is 2.32. The van der Waals surface area contributed by atoms with Crippen molar-refractivity contribution in [1.29, 1.82) is 5.26 Å². The normalized spacial score (nSPS) is 25.8. The minimum Gasteiger partial charge on any atom is -0.376 e. The Morgan fingerprint density at radius 2 is 2.26 bits per heavy atom. The summed E-state index contributed by atoms with van der Waals surface area (Å²) in [5.41, 5.74) is 4.57. The van der Waals surface area contributed by atoms with E-state index in [2.05, 4.69) is 35.8 Å². The monoisotopic (exact) mass is 253 g/mol. The molecule has 1 aromatic rings. The lowest BCUT2D eigenvalue weighted by Gasteiger charge is -2.39. The SMILES string of the molecule is Cc1cccc(C#N)c1C1NCNC2=CCCCC21. The lowest BCUT2D eigenvalue weighted by Crippen LogP contribution is -2.46. The van der Waals surface area contributed by atoms with Gasteiger partial charge in [-0.2, -0.15) is 5.26 Å². The molecule has 1 heterocycles. The van der Waals surface area contributed by atoms with Crippen molar-refractivity contribution in [3.63, 3.8) is 0 Å². The third kappa shape index (κ3) is 2.13. The van der Waals surface area contributed by atoms with Crippen molar-refractivity contribution in [3.8, 4) is 6.07 Å². The van der Waals surface area contributed by atoms with Crippen LogP contribution in [0.1, 0.15) is 42.0 Å². The molecule has 3 nitrogen and oxygen atoms in total. The van der Waals surface area contributed by atoms with Gasteiger partial charge >= 0.3 is 0 Å². The quantitative estimate of drug-likeness (QED) is 0.809. The van der Waals surface area contributed by atoms with Crippen LogP contribution in [0, 0.1) is 24.2 Å². The van der Waals surface area contributed by atoms with Gasteiger partial charge in [-0.25, -0.2) is 0 Å². The molecule has 0 aromatic heterocycles. The topological polar surface area (TPSA) is 47.9 Å². The molecule has 0 spiro atoms. The number of hydrogen-bond acceptors (Lipinski definition) is 3. The van der Waals surface area contributed by atoms with E-state index in [-0.39, 0.29) is 6.04 Å². The van der Waals surface area contributed by atoms with Gasteiger partial charge in [-0.05, 0) is 43.4 Å². The number of benzene rings is 1. The molecule has 2 aliphatic rings. The minimum atomic E-state index is 0.267. The zero-order chi connectivity index (χ0) is 13.2. The van der Waals surface area contributed by atoms with Crippen LogP contribution in [-0.2, 0) is 0 Å². The van der Waals surface area contributed by atoms with E-state index < -0.39 is 0 Å². The maximum Gasteiger partial charge on any atom is 0.0995 e. The van der Waals surface area contributed by atoms with Gasteiger partial charge in [0.1, 0.15) is 0 Å². The third-order valence-electron chi connectivity index (χ3n) is 4.26. The molecule has 2 atom stereocenters. The second-order valence-corrected chi connectivity index (χ2v) is 5.38. The predicted molar refractivity (Wildman–Crippen MR) is 75.2 cm³/mol. The average Bonchev–Trinajstić information content (AvgIpc) is 2.46. The molecule has 1 aliphatic heterocycles. The molecule has 19 heavy (non-hydrogen) atoms. The Morgan fingerprint density at radius 1 is 1.37 bits per heavy atom. The van der Waals surface area contributed by atoms with Gasteiger partial charge in [0.05, 0.1) is 18.3 Å². The van der Waals surface area contributed by atoms with Crippen LogP contribution in [0.4, 0.5) is 0 Å². The van der Waals surface area contributed by atoms with Crippen molar-refractivity contribution >= 4 is 0 Å². The highest BCUT2D eigenvalue weighted by molar-refractivity contribution is 5.45. The number of nitrogens with zero attached hydrogens (tertiary/aromatic N) is 1. The van der Waals surface area contributed by atoms with Gasteiger partial charge in [-0.3, -0.25) is 5.32 Å². The lowest BCUT2D eigenvalue weighted by molar-refractivity contribution is 0.300. The molecule has 3 heteroatoms. The first-order valence-electron chi connectivity index (χ1n) is 6.98. The molecule has 98 valence electrons. The minimum absolute atomic E-state index is 0.267. The van der Waals surface area contributed by atoms with Crippen LogP contribution in [0.5, 0.6) is 0 Å². The molecule has 1 aliphatic carbocycles. The fourth-order valence-electron chi connectivity index (χ4n) is 3.35. The summed E-state index contributed by atoms with van der Waals surface area (Å²) < 4.78 is 0. The summed E-state index contributed by atoms with van der Waals surface area (Å²) in [5.74, 6) is 0.482. The number of hydrogen-bond donors (Lipinski definition) is 2. The third-order valence-corrected chi connectivity index (χ3v) is 4.26. The summed E-state index contributed by atoms with van der Waals surface area (Å²) >= 11 is 0. The number of nitrogens with one attached hydrogen (secondary N) is 2. The summed E-state index contributed by atoms with van der Waals surface area (Å²) in [6.07, 6.45) is 5.92. The molecule has 0 saturated carbocycles. The number of nitriles is 1. The summed E-state index contributed by atoms with van der Waals surface area (Å²) in [7, 11) is 0. The van der Waals surface area contributed by atoms with Crippen LogP contribution in [0.2, 0.25) is 0 Å². The molecule has 1 saturated heterocycles.